The highest BCUT2D eigenvalue weighted by atomic mass is 31.2. The summed E-state index contributed by atoms with van der Waals surface area (Å²) in [6.45, 7) is 4.19. The first-order valence-corrected chi connectivity index (χ1v) is 37.5. The second kappa shape index (κ2) is 65.2. The molecule has 2 atom stereocenters. The highest BCUT2D eigenvalue weighted by Crippen LogP contribution is 2.38. The zero-order valence-corrected chi connectivity index (χ0v) is 57.0. The first-order chi connectivity index (χ1) is 41.0. The van der Waals surface area contributed by atoms with Gasteiger partial charge < -0.3 is 27.9 Å². The molecule has 10 heteroatoms. The van der Waals surface area contributed by atoms with Gasteiger partial charge in [-0.1, -0.05) is 319 Å². The lowest BCUT2D eigenvalue weighted by Crippen LogP contribution is -2.37. The van der Waals surface area contributed by atoms with Crippen LogP contribution < -0.4 is 4.89 Å². The molecule has 2 unspecified atom stereocenters. The summed E-state index contributed by atoms with van der Waals surface area (Å²) in [4.78, 5) is 38.1. The van der Waals surface area contributed by atoms with Crippen LogP contribution in [0.4, 0.5) is 0 Å². The first-order valence-electron chi connectivity index (χ1n) is 36.0. The summed E-state index contributed by atoms with van der Waals surface area (Å²) >= 11 is 0. The minimum atomic E-state index is -4.64. The standard InChI is InChI=1S/C74H138NO8P/c1-6-8-10-12-14-16-18-20-22-24-26-28-30-32-34-35-36-37-38-39-41-43-45-47-49-51-53-55-57-59-61-63-65-67-74(77)83-72(71-82-84(78,79)81-69-68-75(3,4)5)70-80-73(76)66-64-62-60-58-56-54-52-50-48-46-44-42-40-33-31-29-27-25-23-21-19-17-15-13-11-9-7-2/h8,10,14,16,20,22,25-28,72H,6-7,9,11-13,15,17-19,21,23-24,29-71H2,1-5H3/b10-8-,16-14-,22-20-,27-25-,28-26-. The van der Waals surface area contributed by atoms with Gasteiger partial charge in [-0.3, -0.25) is 14.2 Å². The van der Waals surface area contributed by atoms with E-state index in [0.717, 1.165) is 57.8 Å². The van der Waals surface area contributed by atoms with Gasteiger partial charge in [0.05, 0.1) is 27.7 Å². The van der Waals surface area contributed by atoms with Crippen molar-refractivity contribution in [1.29, 1.82) is 0 Å². The molecular formula is C74H138NO8P. The maximum Gasteiger partial charge on any atom is 0.306 e. The summed E-state index contributed by atoms with van der Waals surface area (Å²) in [5.41, 5.74) is 0. The maximum absolute atomic E-state index is 12.9. The summed E-state index contributed by atoms with van der Waals surface area (Å²) in [6.07, 6.45) is 86.0. The zero-order valence-electron chi connectivity index (χ0n) is 56.1. The van der Waals surface area contributed by atoms with Gasteiger partial charge in [-0.15, -0.1) is 0 Å². The van der Waals surface area contributed by atoms with Crippen molar-refractivity contribution in [3.8, 4) is 0 Å². The molecule has 0 aliphatic carbocycles. The Morgan fingerprint density at radius 2 is 0.679 bits per heavy atom. The number of carbonyl (C=O) groups excluding carboxylic acids is 2. The summed E-state index contributed by atoms with van der Waals surface area (Å²) in [5.74, 6) is -0.814. The number of hydrogen-bond donors (Lipinski definition) is 0. The van der Waals surface area contributed by atoms with Gasteiger partial charge in [0.2, 0.25) is 0 Å². The van der Waals surface area contributed by atoms with Crippen LogP contribution in [0, 0.1) is 0 Å². The van der Waals surface area contributed by atoms with E-state index in [-0.39, 0.29) is 32.0 Å². The van der Waals surface area contributed by atoms with Crippen LogP contribution in [0.15, 0.2) is 60.8 Å². The van der Waals surface area contributed by atoms with E-state index in [9.17, 15) is 19.0 Å². The van der Waals surface area contributed by atoms with Crippen molar-refractivity contribution >= 4 is 19.8 Å². The van der Waals surface area contributed by atoms with E-state index in [2.05, 4.69) is 74.6 Å². The molecule has 0 aliphatic rings. The Balaban J connectivity index is 3.98. The molecule has 0 saturated heterocycles. The van der Waals surface area contributed by atoms with Crippen LogP contribution in [0.25, 0.3) is 0 Å². The third kappa shape index (κ3) is 68.8. The van der Waals surface area contributed by atoms with E-state index >= 15 is 0 Å². The molecule has 0 aromatic rings. The van der Waals surface area contributed by atoms with Crippen LogP contribution in [0.5, 0.6) is 0 Å². The molecule has 9 nitrogen and oxygen atoms in total. The Kier molecular flexibility index (Phi) is 63.4. The van der Waals surface area contributed by atoms with Crippen molar-refractivity contribution in [1.82, 2.24) is 0 Å². The minimum Gasteiger partial charge on any atom is -0.756 e. The molecule has 0 spiro atoms. The first kappa shape index (κ1) is 81.7. The molecule has 0 amide bonds. The van der Waals surface area contributed by atoms with Gasteiger partial charge in [0.15, 0.2) is 6.10 Å². The number of ether oxygens (including phenoxy) is 2. The molecule has 0 rings (SSSR count). The van der Waals surface area contributed by atoms with Gasteiger partial charge in [-0.25, -0.2) is 0 Å². The van der Waals surface area contributed by atoms with Crippen LogP contribution in [0.1, 0.15) is 348 Å². The van der Waals surface area contributed by atoms with Gasteiger partial charge in [0.1, 0.15) is 19.8 Å². The van der Waals surface area contributed by atoms with Crippen molar-refractivity contribution in [2.45, 2.75) is 354 Å². The van der Waals surface area contributed by atoms with Crippen molar-refractivity contribution in [3.63, 3.8) is 0 Å². The Morgan fingerprint density at radius 1 is 0.381 bits per heavy atom. The number of unbranched alkanes of at least 4 members (excludes halogenated alkanes) is 43. The van der Waals surface area contributed by atoms with Crippen molar-refractivity contribution in [2.24, 2.45) is 0 Å². The second-order valence-electron chi connectivity index (χ2n) is 25.6. The number of likely N-dealkylation sites (N-methyl/N-ethyl adjacent to an activating group) is 1. The summed E-state index contributed by atoms with van der Waals surface area (Å²) in [7, 11) is 1.18. The van der Waals surface area contributed by atoms with E-state index in [4.69, 9.17) is 18.5 Å². The molecular weight excluding hydrogens is 1060 g/mol. The molecule has 0 N–H and O–H groups in total. The van der Waals surface area contributed by atoms with E-state index < -0.39 is 26.5 Å². The molecule has 492 valence electrons. The minimum absolute atomic E-state index is 0.0292. The third-order valence-electron chi connectivity index (χ3n) is 16.0. The van der Waals surface area contributed by atoms with Crippen LogP contribution in [0.3, 0.4) is 0 Å². The fourth-order valence-corrected chi connectivity index (χ4v) is 11.3. The quantitative estimate of drug-likeness (QED) is 0.0195. The Labute approximate surface area is 521 Å². The summed E-state index contributed by atoms with van der Waals surface area (Å²) in [5, 5.41) is 0. The van der Waals surface area contributed by atoms with Crippen LogP contribution in [-0.2, 0) is 32.7 Å². The van der Waals surface area contributed by atoms with E-state index in [0.29, 0.717) is 17.4 Å². The van der Waals surface area contributed by atoms with Gasteiger partial charge in [0, 0.05) is 12.8 Å². The number of hydrogen-bond acceptors (Lipinski definition) is 8. The maximum atomic E-state index is 12.9. The highest BCUT2D eigenvalue weighted by molar-refractivity contribution is 7.45. The summed E-state index contributed by atoms with van der Waals surface area (Å²) in [6, 6.07) is 0. The molecule has 0 heterocycles. The predicted molar refractivity (Wildman–Crippen MR) is 360 cm³/mol. The fourth-order valence-electron chi connectivity index (χ4n) is 10.5. The third-order valence-corrected chi connectivity index (χ3v) is 17.0. The number of allylic oxidation sites excluding steroid dienone is 10. The SMILES string of the molecule is CC/C=C\C/C=C\C/C=C\C/C=C\CCCCCCCCCCCCCCCCCCCCCCC(=O)OC(COC(=O)CCCCCCCCCCCCCCCCC/C=C\CCCCCCCCCC)COP(=O)([O-])OCC[N+](C)(C)C. The number of rotatable bonds is 67. The number of phosphoric ester groups is 1. The Morgan fingerprint density at radius 3 is 1.02 bits per heavy atom. The van der Waals surface area contributed by atoms with Gasteiger partial charge in [-0.05, 0) is 77.0 Å². The average Bonchev–Trinajstić information content (AvgIpc) is 3.61. The largest absolute Gasteiger partial charge is 0.756 e. The lowest BCUT2D eigenvalue weighted by molar-refractivity contribution is -0.870. The van der Waals surface area contributed by atoms with Gasteiger partial charge in [-0.2, -0.15) is 0 Å². The average molecular weight is 1200 g/mol. The van der Waals surface area contributed by atoms with Gasteiger partial charge in [0.25, 0.3) is 7.82 Å². The Bertz CT molecular complexity index is 1600. The zero-order chi connectivity index (χ0) is 61.2. The molecule has 0 fully saturated rings. The summed E-state index contributed by atoms with van der Waals surface area (Å²) < 4.78 is 34.4. The lowest BCUT2D eigenvalue weighted by atomic mass is 10.0. The van der Waals surface area contributed by atoms with Crippen molar-refractivity contribution < 1.29 is 42.1 Å². The van der Waals surface area contributed by atoms with E-state index in [1.54, 1.807) is 0 Å². The normalized spacial score (nSPS) is 13.5. The van der Waals surface area contributed by atoms with E-state index in [1.807, 2.05) is 21.1 Å². The lowest BCUT2D eigenvalue weighted by Gasteiger charge is -2.28. The second-order valence-corrected chi connectivity index (χ2v) is 27.0. The number of phosphoric acid groups is 1. The predicted octanol–water partition coefficient (Wildman–Crippen LogP) is 22.8. The van der Waals surface area contributed by atoms with Gasteiger partial charge >= 0.3 is 11.9 Å². The number of nitrogens with zero attached hydrogens (tertiary/aromatic N) is 1. The number of carbonyl (C=O) groups is 2. The highest BCUT2D eigenvalue weighted by Gasteiger charge is 2.22. The molecule has 0 bridgehead atoms. The molecule has 0 saturated carbocycles. The fraction of sp³-hybridized carbons (Fsp3) is 0.838. The molecule has 0 aromatic heterocycles. The molecule has 0 aliphatic heterocycles. The number of quaternary nitrogens is 1. The van der Waals surface area contributed by atoms with Crippen molar-refractivity contribution in [2.75, 3.05) is 47.5 Å². The molecule has 0 radical (unpaired) electrons. The van der Waals surface area contributed by atoms with Crippen molar-refractivity contribution in [3.05, 3.63) is 60.8 Å². The van der Waals surface area contributed by atoms with Crippen LogP contribution in [0.2, 0.25) is 0 Å². The molecule has 84 heavy (non-hydrogen) atoms. The number of esters is 2. The smallest absolute Gasteiger partial charge is 0.306 e. The van der Waals surface area contributed by atoms with Crippen LogP contribution >= 0.6 is 7.82 Å². The topological polar surface area (TPSA) is 111 Å². The Hall–Kier alpha value is -2.29. The van der Waals surface area contributed by atoms with Crippen LogP contribution in [-0.4, -0.2) is 70.0 Å². The monoisotopic (exact) mass is 1200 g/mol. The molecule has 0 aromatic carbocycles. The van der Waals surface area contributed by atoms with E-state index in [1.165, 1.54) is 257 Å².